The van der Waals surface area contributed by atoms with Crippen LogP contribution in [0.3, 0.4) is 0 Å². The minimum Gasteiger partial charge on any atom is -0.318 e. The Bertz CT molecular complexity index is 531. The first-order valence-electron chi connectivity index (χ1n) is 6.02. The zero-order chi connectivity index (χ0) is 13.7. The Morgan fingerprint density at radius 2 is 1.79 bits per heavy atom. The van der Waals surface area contributed by atoms with Gasteiger partial charge < -0.3 is 5.32 Å². The largest absolute Gasteiger partial charge is 0.318 e. The van der Waals surface area contributed by atoms with Gasteiger partial charge in [-0.15, -0.1) is 11.8 Å². The molecule has 0 fully saturated rings. The summed E-state index contributed by atoms with van der Waals surface area (Å²) in [5.74, 6) is 0. The van der Waals surface area contributed by atoms with Gasteiger partial charge in [-0.2, -0.15) is 0 Å². The summed E-state index contributed by atoms with van der Waals surface area (Å²) in [6, 6.07) is 16.2. The first-order valence-corrected chi connectivity index (χ1v) is 7.65. The van der Waals surface area contributed by atoms with Crippen LogP contribution in [0.5, 0.6) is 0 Å². The second kappa shape index (κ2) is 7.20. The van der Waals surface area contributed by atoms with E-state index in [-0.39, 0.29) is 0 Å². The lowest BCUT2D eigenvalue weighted by molar-refractivity contribution is 0.778. The van der Waals surface area contributed by atoms with E-state index in [1.807, 2.05) is 31.3 Å². The van der Waals surface area contributed by atoms with Gasteiger partial charge in [-0.05, 0) is 30.8 Å². The lowest BCUT2D eigenvalue weighted by atomic mass is 10.1. The molecule has 19 heavy (non-hydrogen) atoms. The van der Waals surface area contributed by atoms with Gasteiger partial charge in [0.2, 0.25) is 0 Å². The zero-order valence-corrected chi connectivity index (χ0v) is 12.9. The van der Waals surface area contributed by atoms with Crippen molar-refractivity contribution in [3.63, 3.8) is 0 Å². The predicted octanol–water partition coefficient (Wildman–Crippen LogP) is 5.05. The Labute approximate surface area is 128 Å². The van der Waals surface area contributed by atoms with Crippen molar-refractivity contribution in [2.24, 2.45) is 0 Å². The van der Waals surface area contributed by atoms with E-state index >= 15 is 0 Å². The van der Waals surface area contributed by atoms with E-state index in [4.69, 9.17) is 23.2 Å². The van der Waals surface area contributed by atoms with Gasteiger partial charge in [-0.25, -0.2) is 0 Å². The minimum absolute atomic E-state index is 0.350. The van der Waals surface area contributed by atoms with Crippen LogP contribution in [0.25, 0.3) is 0 Å². The highest BCUT2D eigenvalue weighted by Gasteiger charge is 2.12. The van der Waals surface area contributed by atoms with Gasteiger partial charge in [-0.1, -0.05) is 53.5 Å². The van der Waals surface area contributed by atoms with E-state index in [2.05, 4.69) is 29.6 Å². The number of hydrogen-bond donors (Lipinski definition) is 1. The molecule has 1 unspecified atom stereocenters. The Morgan fingerprint density at radius 1 is 1.05 bits per heavy atom. The zero-order valence-electron chi connectivity index (χ0n) is 10.6. The topological polar surface area (TPSA) is 12.0 Å². The number of halogens is 2. The highest BCUT2D eigenvalue weighted by Crippen LogP contribution is 2.37. The molecule has 0 radical (unpaired) electrons. The summed E-state index contributed by atoms with van der Waals surface area (Å²) in [6.45, 7) is 0.898. The van der Waals surface area contributed by atoms with E-state index in [9.17, 15) is 0 Å². The Balaban J connectivity index is 2.19. The maximum absolute atomic E-state index is 6.06. The van der Waals surface area contributed by atoms with Gasteiger partial charge in [0.25, 0.3) is 0 Å². The lowest BCUT2D eigenvalue weighted by Gasteiger charge is -2.17. The highest BCUT2D eigenvalue weighted by molar-refractivity contribution is 7.99. The molecule has 0 saturated heterocycles. The number of rotatable bonds is 5. The summed E-state index contributed by atoms with van der Waals surface area (Å²) in [5.41, 5.74) is 1.30. The second-order valence-corrected chi connectivity index (χ2v) is 6.24. The molecule has 1 N–H and O–H groups in total. The number of nitrogens with one attached hydrogen (secondary N) is 1. The maximum atomic E-state index is 6.06. The van der Waals surface area contributed by atoms with Crippen LogP contribution >= 0.6 is 35.0 Å². The highest BCUT2D eigenvalue weighted by atomic mass is 35.5. The number of hydrogen-bond acceptors (Lipinski definition) is 2. The summed E-state index contributed by atoms with van der Waals surface area (Å²) in [7, 11) is 1.96. The standard InChI is InChI=1S/C15H15Cl2NS/c1-18-10-15(11-5-3-2-4-6-11)19-12-7-8-13(16)14(17)9-12/h2-9,15,18H,10H2,1H3. The molecule has 0 aromatic heterocycles. The van der Waals surface area contributed by atoms with E-state index in [1.165, 1.54) is 5.56 Å². The molecule has 0 spiro atoms. The molecule has 2 rings (SSSR count). The van der Waals surface area contributed by atoms with Gasteiger partial charge in [-0.3, -0.25) is 0 Å². The fourth-order valence-corrected chi connectivity index (χ4v) is 3.36. The van der Waals surface area contributed by atoms with Crippen LogP contribution in [0.2, 0.25) is 10.0 Å². The molecular weight excluding hydrogens is 297 g/mol. The SMILES string of the molecule is CNCC(Sc1ccc(Cl)c(Cl)c1)c1ccccc1. The Kier molecular flexibility index (Phi) is 5.59. The maximum Gasteiger partial charge on any atom is 0.0603 e. The lowest BCUT2D eigenvalue weighted by Crippen LogP contribution is -2.14. The van der Waals surface area contributed by atoms with Crippen LogP contribution in [0.15, 0.2) is 53.4 Å². The van der Waals surface area contributed by atoms with Crippen LogP contribution in [0.4, 0.5) is 0 Å². The third kappa shape index (κ3) is 4.15. The molecule has 1 nitrogen and oxygen atoms in total. The van der Waals surface area contributed by atoms with E-state index < -0.39 is 0 Å². The van der Waals surface area contributed by atoms with Crippen molar-refractivity contribution >= 4 is 35.0 Å². The van der Waals surface area contributed by atoms with Gasteiger partial charge in [0.1, 0.15) is 0 Å². The molecule has 0 aliphatic rings. The average Bonchev–Trinajstić information content (AvgIpc) is 2.43. The first kappa shape index (κ1) is 14.7. The Morgan fingerprint density at radius 3 is 2.42 bits per heavy atom. The van der Waals surface area contributed by atoms with Crippen LogP contribution in [0, 0.1) is 0 Å². The van der Waals surface area contributed by atoms with Crippen LogP contribution in [-0.4, -0.2) is 13.6 Å². The van der Waals surface area contributed by atoms with Crippen molar-refractivity contribution in [2.75, 3.05) is 13.6 Å². The minimum atomic E-state index is 0.350. The van der Waals surface area contributed by atoms with Gasteiger partial charge in [0, 0.05) is 16.7 Å². The molecule has 0 heterocycles. The summed E-state index contributed by atoms with van der Waals surface area (Å²) in [6.07, 6.45) is 0. The van der Waals surface area contributed by atoms with E-state index in [0.717, 1.165) is 11.4 Å². The number of likely N-dealkylation sites (N-methyl/N-ethyl adjacent to an activating group) is 1. The van der Waals surface area contributed by atoms with Crippen LogP contribution in [-0.2, 0) is 0 Å². The van der Waals surface area contributed by atoms with Crippen LogP contribution < -0.4 is 5.32 Å². The summed E-state index contributed by atoms with van der Waals surface area (Å²) in [4.78, 5) is 1.12. The molecular formula is C15H15Cl2NS. The molecule has 2 aromatic rings. The molecule has 0 amide bonds. The molecule has 1 atom stereocenters. The Hall–Kier alpha value is -0.670. The van der Waals surface area contributed by atoms with Crippen molar-refractivity contribution in [1.29, 1.82) is 0 Å². The number of thioether (sulfide) groups is 1. The monoisotopic (exact) mass is 311 g/mol. The average molecular weight is 312 g/mol. The predicted molar refractivity (Wildman–Crippen MR) is 85.4 cm³/mol. The van der Waals surface area contributed by atoms with Gasteiger partial charge >= 0.3 is 0 Å². The summed E-state index contributed by atoms with van der Waals surface area (Å²) >= 11 is 13.8. The first-order chi connectivity index (χ1) is 9.20. The molecule has 4 heteroatoms. The molecule has 0 aliphatic carbocycles. The van der Waals surface area contributed by atoms with Crippen molar-refractivity contribution in [3.8, 4) is 0 Å². The van der Waals surface area contributed by atoms with E-state index in [0.29, 0.717) is 15.3 Å². The smallest absolute Gasteiger partial charge is 0.0603 e. The molecule has 100 valence electrons. The summed E-state index contributed by atoms with van der Waals surface area (Å²) < 4.78 is 0. The normalized spacial score (nSPS) is 12.4. The number of benzene rings is 2. The molecule has 0 saturated carbocycles. The quantitative estimate of drug-likeness (QED) is 0.776. The molecule has 0 aliphatic heterocycles. The van der Waals surface area contributed by atoms with Crippen molar-refractivity contribution in [1.82, 2.24) is 5.32 Å². The summed E-state index contributed by atoms with van der Waals surface area (Å²) in [5, 5.41) is 4.78. The van der Waals surface area contributed by atoms with Crippen molar-refractivity contribution in [3.05, 3.63) is 64.1 Å². The van der Waals surface area contributed by atoms with Crippen molar-refractivity contribution < 1.29 is 0 Å². The fraction of sp³-hybridized carbons (Fsp3) is 0.200. The molecule has 2 aromatic carbocycles. The van der Waals surface area contributed by atoms with E-state index in [1.54, 1.807) is 11.8 Å². The fourth-order valence-electron chi connectivity index (χ4n) is 1.80. The second-order valence-electron chi connectivity index (χ2n) is 4.15. The molecule has 0 bridgehead atoms. The van der Waals surface area contributed by atoms with Crippen LogP contribution in [0.1, 0.15) is 10.8 Å². The van der Waals surface area contributed by atoms with Gasteiger partial charge in [0.05, 0.1) is 10.0 Å². The third-order valence-electron chi connectivity index (χ3n) is 2.73. The van der Waals surface area contributed by atoms with Crippen molar-refractivity contribution in [2.45, 2.75) is 10.1 Å². The third-order valence-corrected chi connectivity index (χ3v) is 4.72. The van der Waals surface area contributed by atoms with Gasteiger partial charge in [0.15, 0.2) is 0 Å².